The predicted octanol–water partition coefficient (Wildman–Crippen LogP) is 1.66. The summed E-state index contributed by atoms with van der Waals surface area (Å²) in [6.45, 7) is 6.24. The molecule has 0 aromatic heterocycles. The van der Waals surface area contributed by atoms with Crippen molar-refractivity contribution in [3.05, 3.63) is 0 Å². The molecule has 0 heterocycles. The second kappa shape index (κ2) is 8.91. The summed E-state index contributed by atoms with van der Waals surface area (Å²) in [7, 11) is 1.51. The van der Waals surface area contributed by atoms with E-state index in [1.165, 1.54) is 7.11 Å². The van der Waals surface area contributed by atoms with Gasteiger partial charge >= 0.3 is 5.97 Å². The van der Waals surface area contributed by atoms with Gasteiger partial charge in [-0.15, -0.1) is 0 Å². The summed E-state index contributed by atoms with van der Waals surface area (Å²) < 4.78 is 4.84. The number of aliphatic carboxylic acids is 1. The van der Waals surface area contributed by atoms with Crippen molar-refractivity contribution >= 4 is 11.9 Å². The van der Waals surface area contributed by atoms with Crippen molar-refractivity contribution in [2.75, 3.05) is 13.7 Å². The summed E-state index contributed by atoms with van der Waals surface area (Å²) in [5.41, 5.74) is 0. The third-order valence-corrected chi connectivity index (χ3v) is 3.39. The largest absolute Gasteiger partial charge is 0.480 e. The molecule has 5 nitrogen and oxygen atoms in total. The molecule has 106 valence electrons. The Balaban J connectivity index is 4.44. The van der Waals surface area contributed by atoms with Crippen molar-refractivity contribution in [2.45, 2.75) is 46.1 Å². The second-order valence-electron chi connectivity index (χ2n) is 4.55. The van der Waals surface area contributed by atoms with Crippen LogP contribution < -0.4 is 5.32 Å². The number of carboxylic acid groups (broad SMARTS) is 1. The lowest BCUT2D eigenvalue weighted by Gasteiger charge is -2.23. The minimum Gasteiger partial charge on any atom is -0.480 e. The summed E-state index contributed by atoms with van der Waals surface area (Å²) in [5, 5.41) is 11.6. The van der Waals surface area contributed by atoms with Gasteiger partial charge in [-0.25, -0.2) is 4.79 Å². The van der Waals surface area contributed by atoms with Crippen molar-refractivity contribution in [1.29, 1.82) is 0 Å². The lowest BCUT2D eigenvalue weighted by molar-refractivity contribution is -0.143. The Morgan fingerprint density at radius 1 is 1.28 bits per heavy atom. The van der Waals surface area contributed by atoms with Gasteiger partial charge in [0.1, 0.15) is 6.04 Å². The van der Waals surface area contributed by atoms with E-state index in [0.29, 0.717) is 12.5 Å². The SMILES string of the molecule is CCC(CC)C(C)C(=O)NC(CCOC)C(=O)O. The van der Waals surface area contributed by atoms with Gasteiger partial charge in [-0.3, -0.25) is 4.79 Å². The van der Waals surface area contributed by atoms with E-state index in [-0.39, 0.29) is 18.2 Å². The van der Waals surface area contributed by atoms with Crippen LogP contribution in [0.25, 0.3) is 0 Å². The van der Waals surface area contributed by atoms with Gasteiger partial charge in [0, 0.05) is 26.1 Å². The zero-order valence-corrected chi connectivity index (χ0v) is 11.7. The Bertz CT molecular complexity index is 264. The van der Waals surface area contributed by atoms with Crippen molar-refractivity contribution in [3.8, 4) is 0 Å². The molecular weight excluding hydrogens is 234 g/mol. The van der Waals surface area contributed by atoms with Crippen LogP contribution in [0.15, 0.2) is 0 Å². The van der Waals surface area contributed by atoms with Crippen LogP contribution in [0.2, 0.25) is 0 Å². The first-order chi connectivity index (χ1) is 8.47. The number of carbonyl (C=O) groups is 2. The summed E-state index contributed by atoms with van der Waals surface area (Å²) in [4.78, 5) is 23.0. The van der Waals surface area contributed by atoms with Gasteiger partial charge in [0.05, 0.1) is 0 Å². The van der Waals surface area contributed by atoms with Crippen molar-refractivity contribution in [2.24, 2.45) is 11.8 Å². The smallest absolute Gasteiger partial charge is 0.326 e. The zero-order valence-electron chi connectivity index (χ0n) is 11.7. The van der Waals surface area contributed by atoms with Crippen molar-refractivity contribution in [3.63, 3.8) is 0 Å². The van der Waals surface area contributed by atoms with Gasteiger partial charge in [0.15, 0.2) is 0 Å². The molecule has 0 aromatic carbocycles. The molecule has 2 N–H and O–H groups in total. The van der Waals surface area contributed by atoms with E-state index in [0.717, 1.165) is 12.8 Å². The maximum Gasteiger partial charge on any atom is 0.326 e. The monoisotopic (exact) mass is 259 g/mol. The van der Waals surface area contributed by atoms with Gasteiger partial charge in [-0.2, -0.15) is 0 Å². The first kappa shape index (κ1) is 16.9. The fourth-order valence-corrected chi connectivity index (χ4v) is 2.01. The minimum absolute atomic E-state index is 0.163. The summed E-state index contributed by atoms with van der Waals surface area (Å²) in [6, 6.07) is -0.866. The number of carbonyl (C=O) groups excluding carboxylic acids is 1. The molecular formula is C13H25NO4. The number of carboxylic acids is 1. The molecule has 0 aromatic rings. The highest BCUT2D eigenvalue weighted by Gasteiger charge is 2.26. The fraction of sp³-hybridized carbons (Fsp3) is 0.846. The van der Waals surface area contributed by atoms with Gasteiger partial charge in [-0.1, -0.05) is 33.6 Å². The molecule has 0 rings (SSSR count). The summed E-state index contributed by atoms with van der Waals surface area (Å²) in [6.07, 6.45) is 2.12. The summed E-state index contributed by atoms with van der Waals surface area (Å²) >= 11 is 0. The molecule has 1 amide bonds. The topological polar surface area (TPSA) is 75.6 Å². The van der Waals surface area contributed by atoms with Crippen LogP contribution in [0, 0.1) is 11.8 Å². The van der Waals surface area contributed by atoms with Crippen LogP contribution in [0.5, 0.6) is 0 Å². The van der Waals surface area contributed by atoms with Crippen molar-refractivity contribution in [1.82, 2.24) is 5.32 Å². The Hall–Kier alpha value is -1.10. The predicted molar refractivity (Wildman–Crippen MR) is 69.3 cm³/mol. The van der Waals surface area contributed by atoms with E-state index in [2.05, 4.69) is 5.32 Å². The lowest BCUT2D eigenvalue weighted by Crippen LogP contribution is -2.45. The Morgan fingerprint density at radius 2 is 1.83 bits per heavy atom. The minimum atomic E-state index is -1.02. The highest BCUT2D eigenvalue weighted by Crippen LogP contribution is 2.19. The van der Waals surface area contributed by atoms with E-state index in [1.54, 1.807) is 0 Å². The number of hydrogen-bond acceptors (Lipinski definition) is 3. The molecule has 0 saturated carbocycles. The average Bonchev–Trinajstić information content (AvgIpc) is 2.35. The number of methoxy groups -OCH3 is 1. The Morgan fingerprint density at radius 3 is 2.22 bits per heavy atom. The number of amides is 1. The molecule has 2 unspecified atom stereocenters. The van der Waals surface area contributed by atoms with Crippen LogP contribution in [-0.4, -0.2) is 36.7 Å². The molecule has 0 aliphatic rings. The normalized spacial score (nSPS) is 14.3. The fourth-order valence-electron chi connectivity index (χ4n) is 2.01. The third-order valence-electron chi connectivity index (χ3n) is 3.39. The first-order valence-electron chi connectivity index (χ1n) is 6.49. The van der Waals surface area contributed by atoms with Crippen LogP contribution in [-0.2, 0) is 14.3 Å². The molecule has 18 heavy (non-hydrogen) atoms. The molecule has 2 atom stereocenters. The molecule has 0 fully saturated rings. The van der Waals surface area contributed by atoms with Gasteiger partial charge in [0.25, 0.3) is 0 Å². The van der Waals surface area contributed by atoms with Gasteiger partial charge in [0.2, 0.25) is 5.91 Å². The molecule has 0 aliphatic heterocycles. The molecule has 0 aliphatic carbocycles. The quantitative estimate of drug-likeness (QED) is 0.660. The maximum atomic E-state index is 12.0. The van der Waals surface area contributed by atoms with Crippen LogP contribution >= 0.6 is 0 Å². The average molecular weight is 259 g/mol. The third kappa shape index (κ3) is 5.49. The highest BCUT2D eigenvalue weighted by molar-refractivity contribution is 5.84. The lowest BCUT2D eigenvalue weighted by atomic mass is 9.88. The van der Waals surface area contributed by atoms with Gasteiger partial charge in [-0.05, 0) is 5.92 Å². The molecule has 0 bridgehead atoms. The van der Waals surface area contributed by atoms with E-state index < -0.39 is 12.0 Å². The van der Waals surface area contributed by atoms with E-state index in [4.69, 9.17) is 9.84 Å². The molecule has 5 heteroatoms. The maximum absolute atomic E-state index is 12.0. The number of hydrogen-bond donors (Lipinski definition) is 2. The van der Waals surface area contributed by atoms with E-state index >= 15 is 0 Å². The van der Waals surface area contributed by atoms with Crippen LogP contribution in [0.3, 0.4) is 0 Å². The summed E-state index contributed by atoms with van der Waals surface area (Å²) in [5.74, 6) is -1.07. The number of nitrogens with one attached hydrogen (secondary N) is 1. The zero-order chi connectivity index (χ0) is 14.1. The van der Waals surface area contributed by atoms with E-state index in [9.17, 15) is 9.59 Å². The van der Waals surface area contributed by atoms with E-state index in [1.807, 2.05) is 20.8 Å². The standard InChI is InChI=1S/C13H25NO4/c1-5-10(6-2)9(3)12(15)14-11(13(16)17)7-8-18-4/h9-11H,5-8H2,1-4H3,(H,14,15)(H,16,17). The highest BCUT2D eigenvalue weighted by atomic mass is 16.5. The second-order valence-corrected chi connectivity index (χ2v) is 4.55. The van der Waals surface area contributed by atoms with Crippen LogP contribution in [0.1, 0.15) is 40.0 Å². The van der Waals surface area contributed by atoms with Crippen LogP contribution in [0.4, 0.5) is 0 Å². The first-order valence-corrected chi connectivity index (χ1v) is 6.49. The molecule has 0 spiro atoms. The van der Waals surface area contributed by atoms with Crippen molar-refractivity contribution < 1.29 is 19.4 Å². The Labute approximate surface area is 109 Å². The number of rotatable bonds is 9. The number of ether oxygens (including phenoxy) is 1. The molecule has 0 radical (unpaired) electrons. The van der Waals surface area contributed by atoms with Gasteiger partial charge < -0.3 is 15.2 Å². The molecule has 0 saturated heterocycles. The Kier molecular flexibility index (Phi) is 8.37.